The summed E-state index contributed by atoms with van der Waals surface area (Å²) in [5.41, 5.74) is 1.30. The summed E-state index contributed by atoms with van der Waals surface area (Å²) in [4.78, 5) is 19.2. The van der Waals surface area contributed by atoms with Crippen LogP contribution in [-0.2, 0) is 17.5 Å². The van der Waals surface area contributed by atoms with Crippen LogP contribution in [0.3, 0.4) is 0 Å². The summed E-state index contributed by atoms with van der Waals surface area (Å²) in [5.74, 6) is 1.90. The molecule has 3 aromatic carbocycles. The Morgan fingerprint density at radius 1 is 0.974 bits per heavy atom. The van der Waals surface area contributed by atoms with Gasteiger partial charge in [0.25, 0.3) is 0 Å². The van der Waals surface area contributed by atoms with Crippen LogP contribution in [-0.4, -0.2) is 35.7 Å². The van der Waals surface area contributed by atoms with E-state index in [4.69, 9.17) is 14.5 Å². The molecule has 0 saturated carbocycles. The second-order valence-electron chi connectivity index (χ2n) is 9.29. The van der Waals surface area contributed by atoms with Gasteiger partial charge in [0.1, 0.15) is 17.3 Å². The highest BCUT2D eigenvalue weighted by molar-refractivity contribution is 5.96. The molecule has 0 radical (unpaired) electrons. The normalized spacial score (nSPS) is 15.8. The van der Waals surface area contributed by atoms with E-state index < -0.39 is 11.7 Å². The molecule has 1 atom stereocenters. The molecule has 1 aliphatic rings. The van der Waals surface area contributed by atoms with Crippen molar-refractivity contribution in [2.24, 2.45) is 0 Å². The Morgan fingerprint density at radius 2 is 1.74 bits per heavy atom. The van der Waals surface area contributed by atoms with Crippen LogP contribution in [0.15, 0.2) is 72.8 Å². The van der Waals surface area contributed by atoms with Gasteiger partial charge < -0.3 is 18.9 Å². The molecular formula is C29H28F3N3O3. The predicted octanol–water partition coefficient (Wildman–Crippen LogP) is 6.44. The Bertz CT molecular complexity index is 1420. The van der Waals surface area contributed by atoms with Crippen LogP contribution < -0.4 is 14.4 Å². The maximum absolute atomic E-state index is 13.2. The minimum Gasteiger partial charge on any atom is -0.497 e. The first-order chi connectivity index (χ1) is 18.3. The molecule has 4 aromatic rings. The third-order valence-electron chi connectivity index (χ3n) is 6.76. The third-order valence-corrected chi connectivity index (χ3v) is 6.76. The minimum absolute atomic E-state index is 0.195. The molecule has 0 N–H and O–H groups in total. The van der Waals surface area contributed by atoms with Crippen LogP contribution in [0.25, 0.3) is 11.0 Å². The fourth-order valence-electron chi connectivity index (χ4n) is 4.85. The van der Waals surface area contributed by atoms with E-state index in [9.17, 15) is 18.0 Å². The molecule has 2 heterocycles. The smallest absolute Gasteiger partial charge is 0.416 e. The Kier molecular flexibility index (Phi) is 7.26. The first-order valence-corrected chi connectivity index (χ1v) is 12.5. The highest BCUT2D eigenvalue weighted by Gasteiger charge is 2.36. The minimum atomic E-state index is -4.47. The third kappa shape index (κ3) is 5.46. The number of rotatable bonds is 9. The number of imidazole rings is 1. The average molecular weight is 524 g/mol. The van der Waals surface area contributed by atoms with Crippen LogP contribution >= 0.6 is 0 Å². The van der Waals surface area contributed by atoms with Crippen LogP contribution in [0.5, 0.6) is 11.5 Å². The van der Waals surface area contributed by atoms with Crippen molar-refractivity contribution >= 4 is 22.6 Å². The molecular weight excluding hydrogens is 495 g/mol. The molecule has 5 rings (SSSR count). The lowest BCUT2D eigenvalue weighted by Crippen LogP contribution is -2.25. The molecule has 1 amide bonds. The van der Waals surface area contributed by atoms with Gasteiger partial charge in [-0.1, -0.05) is 18.2 Å². The van der Waals surface area contributed by atoms with Crippen molar-refractivity contribution in [3.8, 4) is 11.5 Å². The van der Waals surface area contributed by atoms with Crippen LogP contribution in [0.1, 0.15) is 36.6 Å². The number of carbonyl (C=O) groups is 1. The van der Waals surface area contributed by atoms with Gasteiger partial charge in [0.15, 0.2) is 0 Å². The number of para-hydroxylation sites is 2. The number of hydrogen-bond acceptors (Lipinski definition) is 4. The number of anilines is 1. The quantitative estimate of drug-likeness (QED) is 0.237. The van der Waals surface area contributed by atoms with Gasteiger partial charge in [0.05, 0.1) is 30.3 Å². The zero-order valence-corrected chi connectivity index (χ0v) is 20.9. The molecule has 38 heavy (non-hydrogen) atoms. The number of aromatic nitrogens is 2. The fraction of sp³-hybridized carbons (Fsp3) is 0.310. The number of aryl methyl sites for hydroxylation is 1. The Labute approximate surface area is 218 Å². The van der Waals surface area contributed by atoms with Crippen molar-refractivity contribution in [2.75, 3.05) is 25.2 Å². The zero-order valence-electron chi connectivity index (χ0n) is 20.9. The number of amides is 1. The van der Waals surface area contributed by atoms with Gasteiger partial charge >= 0.3 is 6.18 Å². The lowest BCUT2D eigenvalue weighted by Gasteiger charge is -2.19. The van der Waals surface area contributed by atoms with E-state index in [-0.39, 0.29) is 30.5 Å². The summed E-state index contributed by atoms with van der Waals surface area (Å²) >= 11 is 0. The van der Waals surface area contributed by atoms with E-state index in [1.54, 1.807) is 13.2 Å². The Balaban J connectivity index is 1.28. The summed E-state index contributed by atoms with van der Waals surface area (Å²) in [6.45, 7) is 1.53. The summed E-state index contributed by atoms with van der Waals surface area (Å²) < 4.78 is 52.8. The van der Waals surface area contributed by atoms with Gasteiger partial charge in [0.2, 0.25) is 5.91 Å². The van der Waals surface area contributed by atoms with Crippen LogP contribution in [0, 0.1) is 0 Å². The van der Waals surface area contributed by atoms with E-state index in [1.165, 1.54) is 11.0 Å². The molecule has 0 spiro atoms. The standard InChI is InChI=1S/C29H28F3N3O3/c1-37-23-11-13-24(14-12-23)38-16-5-4-15-34-26-10-3-2-9-25(26)33-28(34)20-17-27(36)35(19-20)22-8-6-7-21(18-22)29(30,31)32/h2-3,6-14,18,20H,4-5,15-17,19H2,1H3. The predicted molar refractivity (Wildman–Crippen MR) is 139 cm³/mol. The van der Waals surface area contributed by atoms with E-state index in [2.05, 4.69) is 4.57 Å². The summed E-state index contributed by atoms with van der Waals surface area (Å²) in [6, 6.07) is 20.2. The average Bonchev–Trinajstić information content (AvgIpc) is 3.49. The number of benzene rings is 3. The van der Waals surface area contributed by atoms with Gasteiger partial charge in [-0.3, -0.25) is 4.79 Å². The van der Waals surface area contributed by atoms with Crippen molar-refractivity contribution < 1.29 is 27.4 Å². The van der Waals surface area contributed by atoms with Gasteiger partial charge in [-0.2, -0.15) is 13.2 Å². The molecule has 1 aromatic heterocycles. The van der Waals surface area contributed by atoms with E-state index >= 15 is 0 Å². The molecule has 0 aliphatic carbocycles. The lowest BCUT2D eigenvalue weighted by molar-refractivity contribution is -0.137. The van der Waals surface area contributed by atoms with Gasteiger partial charge in [-0.15, -0.1) is 0 Å². The van der Waals surface area contributed by atoms with Crippen molar-refractivity contribution in [3.63, 3.8) is 0 Å². The lowest BCUT2D eigenvalue weighted by atomic mass is 10.1. The summed E-state index contributed by atoms with van der Waals surface area (Å²) in [5, 5.41) is 0. The maximum Gasteiger partial charge on any atom is 0.416 e. The molecule has 1 saturated heterocycles. The van der Waals surface area contributed by atoms with Crippen molar-refractivity contribution in [3.05, 3.63) is 84.2 Å². The van der Waals surface area contributed by atoms with Crippen LogP contribution in [0.4, 0.5) is 18.9 Å². The summed E-state index contributed by atoms with van der Waals surface area (Å²) in [6.07, 6.45) is -2.62. The van der Waals surface area contributed by atoms with Crippen molar-refractivity contribution in [1.82, 2.24) is 9.55 Å². The molecule has 9 heteroatoms. The highest BCUT2D eigenvalue weighted by atomic mass is 19.4. The SMILES string of the molecule is COc1ccc(OCCCCn2c(C3CC(=O)N(c4cccc(C(F)(F)F)c4)C3)nc3ccccc32)cc1. The topological polar surface area (TPSA) is 56.6 Å². The Hall–Kier alpha value is -4.01. The van der Waals surface area contributed by atoms with E-state index in [0.29, 0.717) is 13.2 Å². The maximum atomic E-state index is 13.2. The first-order valence-electron chi connectivity index (χ1n) is 12.5. The Morgan fingerprint density at radius 3 is 2.50 bits per heavy atom. The largest absolute Gasteiger partial charge is 0.497 e. The number of ether oxygens (including phenoxy) is 2. The second-order valence-corrected chi connectivity index (χ2v) is 9.29. The van der Waals surface area contributed by atoms with Gasteiger partial charge in [0, 0.05) is 31.1 Å². The number of unbranched alkanes of at least 4 members (excludes halogenated alkanes) is 1. The van der Waals surface area contributed by atoms with Crippen molar-refractivity contribution in [2.45, 2.75) is 37.9 Å². The zero-order chi connectivity index (χ0) is 26.7. The highest BCUT2D eigenvalue weighted by Crippen LogP contribution is 2.36. The monoisotopic (exact) mass is 523 g/mol. The summed E-state index contributed by atoms with van der Waals surface area (Å²) in [7, 11) is 1.62. The molecule has 0 bridgehead atoms. The molecule has 1 unspecified atom stereocenters. The van der Waals surface area contributed by atoms with Gasteiger partial charge in [-0.05, 0) is 67.4 Å². The molecule has 1 aliphatic heterocycles. The first kappa shape index (κ1) is 25.6. The fourth-order valence-corrected chi connectivity index (χ4v) is 4.85. The molecule has 1 fully saturated rings. The number of methoxy groups -OCH3 is 1. The van der Waals surface area contributed by atoms with E-state index in [0.717, 1.165) is 53.3 Å². The van der Waals surface area contributed by atoms with Gasteiger partial charge in [-0.25, -0.2) is 4.98 Å². The molecule has 6 nitrogen and oxygen atoms in total. The molecule has 198 valence electrons. The number of hydrogen-bond donors (Lipinski definition) is 0. The van der Waals surface area contributed by atoms with E-state index in [1.807, 2.05) is 48.5 Å². The van der Waals surface area contributed by atoms with Crippen LogP contribution in [0.2, 0.25) is 0 Å². The number of fused-ring (bicyclic) bond motifs is 1. The number of nitrogens with zero attached hydrogens (tertiary/aromatic N) is 3. The van der Waals surface area contributed by atoms with Crippen molar-refractivity contribution in [1.29, 1.82) is 0 Å². The second kappa shape index (κ2) is 10.8. The number of carbonyl (C=O) groups excluding carboxylic acids is 1. The number of halogens is 3. The number of alkyl halides is 3.